The van der Waals surface area contributed by atoms with Gasteiger partial charge in [0, 0.05) is 57.1 Å². The highest BCUT2D eigenvalue weighted by molar-refractivity contribution is 7.92. The minimum Gasteiger partial charge on any atom is -0.494 e. The fraction of sp³-hybridized carbons (Fsp3) is 0.448. The lowest BCUT2D eigenvalue weighted by Crippen LogP contribution is -2.52. The molecule has 12 nitrogen and oxygen atoms in total. The van der Waals surface area contributed by atoms with Crippen molar-refractivity contribution < 1.29 is 22.0 Å². The third kappa shape index (κ3) is 7.53. The number of rotatable bonds is 10. The Hall–Kier alpha value is -3.52. The Morgan fingerprint density at radius 2 is 1.84 bits per heavy atom. The Morgan fingerprint density at radius 1 is 1.07 bits per heavy atom. The fourth-order valence-electron chi connectivity index (χ4n) is 5.58. The summed E-state index contributed by atoms with van der Waals surface area (Å²) < 4.78 is 60.7. The molecule has 1 aromatic heterocycles. The predicted octanol–water partition coefficient (Wildman–Crippen LogP) is 4.19. The van der Waals surface area contributed by atoms with E-state index in [4.69, 9.17) is 25.2 Å². The number of benzene rings is 2. The number of nitrogens with one attached hydrogen (secondary N) is 4. The fourth-order valence-corrected chi connectivity index (χ4v) is 6.30. The summed E-state index contributed by atoms with van der Waals surface area (Å²) in [4.78, 5) is 13.6. The molecule has 0 aliphatic carbocycles. The minimum absolute atomic E-state index is 0.104. The van der Waals surface area contributed by atoms with Crippen LogP contribution in [0.1, 0.15) is 22.5 Å². The standard InChI is InChI=1S/C29H39ClN8O4S/c1-19-16-23(26(42-3)17-24(19)38-12-8-20(9-13-38)37-14-10-31-11-15-37)34-29-32-18-21(30)28(35-29)33-22-6-5-7-25(41-2)27(22)36-43(4,39)40/h5-7,16-18,20,31,36H,8-15H2,1-4H3,(H2,32,33,34,35)/i3D3. The number of methoxy groups -OCH3 is 2. The maximum absolute atomic E-state index is 12.0. The van der Waals surface area contributed by atoms with Crippen molar-refractivity contribution in [2.75, 3.05) is 79.9 Å². The molecule has 14 heteroatoms. The molecule has 0 atom stereocenters. The van der Waals surface area contributed by atoms with E-state index in [0.29, 0.717) is 17.4 Å². The topological polar surface area (TPSA) is 133 Å². The van der Waals surface area contributed by atoms with Crippen LogP contribution in [0.15, 0.2) is 36.5 Å². The Morgan fingerprint density at radius 3 is 2.53 bits per heavy atom. The van der Waals surface area contributed by atoms with Crippen LogP contribution in [-0.2, 0) is 10.0 Å². The summed E-state index contributed by atoms with van der Waals surface area (Å²) in [5, 5.41) is 9.69. The molecule has 232 valence electrons. The molecule has 0 amide bonds. The number of aryl methyl sites for hydroxylation is 1. The van der Waals surface area contributed by atoms with E-state index >= 15 is 0 Å². The van der Waals surface area contributed by atoms with Crippen molar-refractivity contribution in [1.82, 2.24) is 20.2 Å². The SMILES string of the molecule is [2H]C([2H])([2H])Oc1cc(N2CCC(N3CCNCC3)CC2)c(C)cc1Nc1ncc(Cl)c(Nc2cccc(OC)c2NS(C)(=O)=O)n1. The molecule has 4 N–H and O–H groups in total. The minimum atomic E-state index is -3.64. The average molecular weight is 634 g/mol. The number of piperidine rings is 1. The molecule has 0 bridgehead atoms. The smallest absolute Gasteiger partial charge is 0.230 e. The van der Waals surface area contributed by atoms with Crippen LogP contribution in [0.25, 0.3) is 0 Å². The van der Waals surface area contributed by atoms with Crippen LogP contribution in [0.3, 0.4) is 0 Å². The summed E-state index contributed by atoms with van der Waals surface area (Å²) in [6.45, 7) is 7.82. The molecule has 5 rings (SSSR count). The van der Waals surface area contributed by atoms with Crippen LogP contribution < -0.4 is 35.0 Å². The van der Waals surface area contributed by atoms with Gasteiger partial charge in [0.15, 0.2) is 5.82 Å². The number of nitrogens with zero attached hydrogens (tertiary/aromatic N) is 4. The van der Waals surface area contributed by atoms with Gasteiger partial charge >= 0.3 is 0 Å². The van der Waals surface area contributed by atoms with Crippen LogP contribution >= 0.6 is 11.6 Å². The Labute approximate surface area is 262 Å². The van der Waals surface area contributed by atoms with Crippen molar-refractivity contribution in [2.24, 2.45) is 0 Å². The molecule has 2 saturated heterocycles. The lowest BCUT2D eigenvalue weighted by atomic mass is 10.0. The van der Waals surface area contributed by atoms with E-state index in [1.165, 1.54) is 13.3 Å². The second-order valence-corrected chi connectivity index (χ2v) is 12.8. The molecule has 0 saturated carbocycles. The molecule has 43 heavy (non-hydrogen) atoms. The second kappa shape index (κ2) is 13.4. The van der Waals surface area contributed by atoms with Crippen LogP contribution in [0.5, 0.6) is 11.5 Å². The van der Waals surface area contributed by atoms with Crippen molar-refractivity contribution >= 4 is 56.1 Å². The number of piperazine rings is 1. The number of ether oxygens (including phenoxy) is 2. The van der Waals surface area contributed by atoms with E-state index in [1.54, 1.807) is 24.3 Å². The molecule has 0 radical (unpaired) electrons. The number of aromatic nitrogens is 2. The summed E-state index contributed by atoms with van der Waals surface area (Å²) in [6.07, 6.45) is 4.46. The Balaban J connectivity index is 1.40. The third-order valence-electron chi connectivity index (χ3n) is 7.66. The summed E-state index contributed by atoms with van der Waals surface area (Å²) in [7, 11) is -4.91. The third-order valence-corrected chi connectivity index (χ3v) is 8.51. The molecular formula is C29H39ClN8O4S. The average Bonchev–Trinajstić information content (AvgIpc) is 3.00. The molecule has 2 aliphatic rings. The van der Waals surface area contributed by atoms with E-state index in [0.717, 1.165) is 69.6 Å². The molecule has 3 aromatic rings. The molecular weight excluding hydrogens is 592 g/mol. The van der Waals surface area contributed by atoms with Gasteiger partial charge in [-0.05, 0) is 43.5 Å². The van der Waals surface area contributed by atoms with Gasteiger partial charge in [-0.15, -0.1) is 0 Å². The van der Waals surface area contributed by atoms with Crippen LogP contribution in [-0.4, -0.2) is 89.0 Å². The highest BCUT2D eigenvalue weighted by atomic mass is 35.5. The van der Waals surface area contributed by atoms with Crippen molar-refractivity contribution in [3.8, 4) is 11.5 Å². The zero-order chi connectivity index (χ0) is 33.1. The van der Waals surface area contributed by atoms with Crippen molar-refractivity contribution in [3.63, 3.8) is 0 Å². The van der Waals surface area contributed by atoms with E-state index in [2.05, 4.69) is 40.4 Å². The van der Waals surface area contributed by atoms with Crippen LogP contribution in [0, 0.1) is 6.92 Å². The van der Waals surface area contributed by atoms with Gasteiger partial charge in [-0.2, -0.15) is 4.98 Å². The summed E-state index contributed by atoms with van der Waals surface area (Å²) >= 11 is 6.42. The molecule has 2 aliphatic heterocycles. The molecule has 3 heterocycles. The quantitative estimate of drug-likeness (QED) is 0.256. The van der Waals surface area contributed by atoms with Gasteiger partial charge in [-0.25, -0.2) is 13.4 Å². The first-order valence-electron chi connectivity index (χ1n) is 15.5. The number of para-hydroxylation sites is 1. The number of halogens is 1. The van der Waals surface area contributed by atoms with Gasteiger partial charge in [0.2, 0.25) is 16.0 Å². The lowest BCUT2D eigenvalue weighted by molar-refractivity contribution is 0.150. The van der Waals surface area contributed by atoms with Gasteiger partial charge in [0.1, 0.15) is 22.2 Å². The number of sulfonamides is 1. The molecule has 0 unspecified atom stereocenters. The summed E-state index contributed by atoms with van der Waals surface area (Å²) in [5.74, 6) is 0.689. The number of hydrogen-bond donors (Lipinski definition) is 4. The molecule has 0 spiro atoms. The lowest BCUT2D eigenvalue weighted by Gasteiger charge is -2.41. The number of anilines is 6. The van der Waals surface area contributed by atoms with Crippen molar-refractivity contribution in [2.45, 2.75) is 25.8 Å². The zero-order valence-electron chi connectivity index (χ0n) is 27.4. The van der Waals surface area contributed by atoms with E-state index < -0.39 is 17.1 Å². The monoisotopic (exact) mass is 633 g/mol. The van der Waals surface area contributed by atoms with Gasteiger partial charge in [-0.1, -0.05) is 17.7 Å². The Bertz CT molecular complexity index is 1650. The van der Waals surface area contributed by atoms with Gasteiger partial charge in [-0.3, -0.25) is 9.62 Å². The van der Waals surface area contributed by atoms with Gasteiger partial charge in [0.25, 0.3) is 0 Å². The van der Waals surface area contributed by atoms with Crippen molar-refractivity contribution in [1.29, 1.82) is 0 Å². The maximum atomic E-state index is 12.0. The van der Waals surface area contributed by atoms with E-state index in [-0.39, 0.29) is 34.0 Å². The second-order valence-electron chi connectivity index (χ2n) is 10.6. The maximum Gasteiger partial charge on any atom is 0.230 e. The first-order valence-corrected chi connectivity index (χ1v) is 16.3. The van der Waals surface area contributed by atoms with Crippen LogP contribution in [0.2, 0.25) is 5.02 Å². The van der Waals surface area contributed by atoms with Gasteiger partial charge in [0.05, 0.1) is 42.1 Å². The highest BCUT2D eigenvalue weighted by Crippen LogP contribution is 2.38. The zero-order valence-corrected chi connectivity index (χ0v) is 26.0. The molecule has 2 aromatic carbocycles. The number of hydrogen-bond acceptors (Lipinski definition) is 11. The summed E-state index contributed by atoms with van der Waals surface area (Å²) in [6, 6.07) is 9.04. The first-order chi connectivity index (χ1) is 21.8. The first kappa shape index (κ1) is 27.1. The van der Waals surface area contributed by atoms with Crippen molar-refractivity contribution in [3.05, 3.63) is 47.1 Å². The highest BCUT2D eigenvalue weighted by Gasteiger charge is 2.27. The molecule has 2 fully saturated rings. The predicted molar refractivity (Wildman–Crippen MR) is 172 cm³/mol. The largest absolute Gasteiger partial charge is 0.494 e. The Kier molecular flexibility index (Phi) is 8.44. The van der Waals surface area contributed by atoms with E-state index in [9.17, 15) is 8.42 Å². The normalized spacial score (nSPS) is 17.9. The van der Waals surface area contributed by atoms with Crippen LogP contribution in [0.4, 0.5) is 34.5 Å². The van der Waals surface area contributed by atoms with E-state index in [1.807, 2.05) is 13.0 Å². The summed E-state index contributed by atoms with van der Waals surface area (Å²) in [5.41, 5.74) is 2.71. The van der Waals surface area contributed by atoms with Gasteiger partial charge < -0.3 is 30.3 Å².